The van der Waals surface area contributed by atoms with Crippen LogP contribution in [0.5, 0.6) is 0 Å². The van der Waals surface area contributed by atoms with E-state index in [2.05, 4.69) is 59.9 Å². The van der Waals surface area contributed by atoms with Gasteiger partial charge in [0.2, 0.25) is 0 Å². The lowest BCUT2D eigenvalue weighted by atomic mass is 9.99. The van der Waals surface area contributed by atoms with Crippen molar-refractivity contribution in [2.75, 3.05) is 6.54 Å². The number of rotatable bonds is 7. The molecular formula is C16H23N3S. The van der Waals surface area contributed by atoms with Crippen LogP contribution in [0.3, 0.4) is 0 Å². The van der Waals surface area contributed by atoms with Crippen LogP contribution < -0.4 is 5.32 Å². The summed E-state index contributed by atoms with van der Waals surface area (Å²) < 4.78 is 4.14. The highest BCUT2D eigenvalue weighted by Crippen LogP contribution is 2.25. The molecule has 0 amide bonds. The van der Waals surface area contributed by atoms with Gasteiger partial charge in [-0.15, -0.1) is 5.10 Å². The largest absolute Gasteiger partial charge is 0.309 e. The molecule has 0 aliphatic rings. The van der Waals surface area contributed by atoms with Gasteiger partial charge in [-0.05, 0) is 55.4 Å². The molecule has 2 aromatic rings. The molecule has 0 saturated heterocycles. The first kappa shape index (κ1) is 15.1. The molecule has 0 fully saturated rings. The monoisotopic (exact) mass is 289 g/mol. The van der Waals surface area contributed by atoms with Crippen LogP contribution in [0.2, 0.25) is 0 Å². The van der Waals surface area contributed by atoms with Crippen LogP contribution in [0.4, 0.5) is 0 Å². The fraction of sp³-hybridized carbons (Fsp3) is 0.500. The second kappa shape index (κ2) is 7.50. The minimum atomic E-state index is 0.325. The van der Waals surface area contributed by atoms with Crippen LogP contribution in [0.25, 0.3) is 0 Å². The van der Waals surface area contributed by atoms with Gasteiger partial charge in [0.15, 0.2) is 0 Å². The number of hydrogen-bond donors (Lipinski definition) is 1. The van der Waals surface area contributed by atoms with Crippen molar-refractivity contribution in [2.45, 2.75) is 46.1 Å². The molecule has 0 radical (unpaired) electrons. The van der Waals surface area contributed by atoms with E-state index in [-0.39, 0.29) is 0 Å². The van der Waals surface area contributed by atoms with Crippen molar-refractivity contribution in [1.82, 2.24) is 14.9 Å². The van der Waals surface area contributed by atoms with Gasteiger partial charge in [-0.25, -0.2) is 0 Å². The molecule has 108 valence electrons. The summed E-state index contributed by atoms with van der Waals surface area (Å²) >= 11 is 1.53. The summed E-state index contributed by atoms with van der Waals surface area (Å²) in [6.07, 6.45) is 3.09. The summed E-state index contributed by atoms with van der Waals surface area (Å²) in [6, 6.07) is 8.93. The van der Waals surface area contributed by atoms with Gasteiger partial charge < -0.3 is 5.32 Å². The highest BCUT2D eigenvalue weighted by molar-refractivity contribution is 7.05. The Kier molecular flexibility index (Phi) is 5.68. The highest BCUT2D eigenvalue weighted by atomic mass is 32.1. The van der Waals surface area contributed by atoms with Crippen LogP contribution in [0, 0.1) is 6.92 Å². The van der Waals surface area contributed by atoms with Gasteiger partial charge in [-0.2, -0.15) is 0 Å². The third-order valence-corrected chi connectivity index (χ3v) is 4.44. The molecule has 1 heterocycles. The summed E-state index contributed by atoms with van der Waals surface area (Å²) in [4.78, 5) is 1.30. The van der Waals surface area contributed by atoms with Crippen molar-refractivity contribution in [1.29, 1.82) is 0 Å². The van der Waals surface area contributed by atoms with E-state index in [1.165, 1.54) is 27.5 Å². The molecule has 2 rings (SSSR count). The topological polar surface area (TPSA) is 37.8 Å². The molecule has 0 aliphatic carbocycles. The minimum Gasteiger partial charge on any atom is -0.309 e. The van der Waals surface area contributed by atoms with Crippen LogP contribution in [-0.4, -0.2) is 16.1 Å². The second-order valence-electron chi connectivity index (χ2n) is 5.07. The predicted octanol–water partition coefficient (Wildman–Crippen LogP) is 3.69. The lowest BCUT2D eigenvalue weighted by molar-refractivity contribution is 0.531. The molecule has 1 aromatic heterocycles. The van der Waals surface area contributed by atoms with Crippen molar-refractivity contribution >= 4 is 11.5 Å². The number of nitrogens with one attached hydrogen (secondary N) is 1. The Morgan fingerprint density at radius 3 is 2.75 bits per heavy atom. The summed E-state index contributed by atoms with van der Waals surface area (Å²) in [5.41, 5.74) is 3.89. The molecule has 1 unspecified atom stereocenters. The van der Waals surface area contributed by atoms with Gasteiger partial charge in [0.1, 0.15) is 0 Å². The molecule has 1 atom stereocenters. The normalized spacial score (nSPS) is 12.6. The molecule has 0 spiro atoms. The van der Waals surface area contributed by atoms with Gasteiger partial charge in [0.25, 0.3) is 0 Å². The SMILES string of the molecule is CCCNC(Cc1ccccc1C)c1snnc1CC. The maximum absolute atomic E-state index is 4.26. The summed E-state index contributed by atoms with van der Waals surface area (Å²) in [5, 5.41) is 7.91. The minimum absolute atomic E-state index is 0.325. The van der Waals surface area contributed by atoms with Crippen molar-refractivity contribution < 1.29 is 0 Å². The fourth-order valence-electron chi connectivity index (χ4n) is 2.36. The van der Waals surface area contributed by atoms with Crippen molar-refractivity contribution in [3.8, 4) is 0 Å². The third kappa shape index (κ3) is 3.64. The van der Waals surface area contributed by atoms with E-state index in [4.69, 9.17) is 0 Å². The Bertz CT molecular complexity index is 536. The van der Waals surface area contributed by atoms with E-state index >= 15 is 0 Å². The lowest BCUT2D eigenvalue weighted by Crippen LogP contribution is -2.24. The Hall–Kier alpha value is -1.26. The zero-order chi connectivity index (χ0) is 14.4. The van der Waals surface area contributed by atoms with E-state index in [1.54, 1.807) is 0 Å². The molecule has 1 N–H and O–H groups in total. The van der Waals surface area contributed by atoms with Crippen molar-refractivity contribution in [3.05, 3.63) is 46.0 Å². The van der Waals surface area contributed by atoms with E-state index in [9.17, 15) is 0 Å². The number of hydrogen-bond acceptors (Lipinski definition) is 4. The molecule has 0 saturated carbocycles. The first-order chi connectivity index (χ1) is 9.76. The van der Waals surface area contributed by atoms with Gasteiger partial charge in [0.05, 0.1) is 10.6 Å². The Labute approximate surface area is 125 Å². The molecule has 1 aromatic carbocycles. The molecule has 4 heteroatoms. The number of aromatic nitrogens is 2. The summed E-state index contributed by atoms with van der Waals surface area (Å²) in [7, 11) is 0. The quantitative estimate of drug-likeness (QED) is 0.844. The standard InChI is InChI=1S/C16H23N3S/c1-4-10-17-15(16-14(5-2)18-19-20-16)11-13-9-7-6-8-12(13)3/h6-9,15,17H,4-5,10-11H2,1-3H3. The van der Waals surface area contributed by atoms with Crippen molar-refractivity contribution in [3.63, 3.8) is 0 Å². The van der Waals surface area contributed by atoms with Crippen LogP contribution >= 0.6 is 11.5 Å². The van der Waals surface area contributed by atoms with E-state index in [0.29, 0.717) is 6.04 Å². The predicted molar refractivity (Wildman–Crippen MR) is 85.2 cm³/mol. The molecule has 0 bridgehead atoms. The summed E-state index contributed by atoms with van der Waals surface area (Å²) in [6.45, 7) is 7.55. The van der Waals surface area contributed by atoms with Gasteiger partial charge >= 0.3 is 0 Å². The van der Waals surface area contributed by atoms with Gasteiger partial charge in [-0.1, -0.05) is 42.6 Å². The molecule has 3 nitrogen and oxygen atoms in total. The maximum Gasteiger partial charge on any atom is 0.0801 e. The molecule has 0 aliphatic heterocycles. The Balaban J connectivity index is 2.22. The van der Waals surface area contributed by atoms with Gasteiger partial charge in [-0.3, -0.25) is 0 Å². The first-order valence-corrected chi connectivity index (χ1v) is 8.12. The summed E-state index contributed by atoms with van der Waals surface area (Å²) in [5.74, 6) is 0. The lowest BCUT2D eigenvalue weighted by Gasteiger charge is -2.19. The third-order valence-electron chi connectivity index (χ3n) is 3.56. The van der Waals surface area contributed by atoms with Crippen molar-refractivity contribution in [2.24, 2.45) is 0 Å². The smallest absolute Gasteiger partial charge is 0.0801 e. The van der Waals surface area contributed by atoms with Crippen LogP contribution in [0.1, 0.15) is 48.0 Å². The van der Waals surface area contributed by atoms with E-state index in [1.807, 2.05) is 0 Å². The number of nitrogens with zero attached hydrogens (tertiary/aromatic N) is 2. The average Bonchev–Trinajstić information content (AvgIpc) is 2.93. The first-order valence-electron chi connectivity index (χ1n) is 7.35. The second-order valence-corrected chi connectivity index (χ2v) is 5.86. The maximum atomic E-state index is 4.26. The average molecular weight is 289 g/mol. The highest BCUT2D eigenvalue weighted by Gasteiger charge is 2.19. The Morgan fingerprint density at radius 2 is 2.05 bits per heavy atom. The van der Waals surface area contributed by atoms with Crippen LogP contribution in [0.15, 0.2) is 24.3 Å². The number of benzene rings is 1. The van der Waals surface area contributed by atoms with E-state index in [0.717, 1.165) is 31.5 Å². The molecule has 20 heavy (non-hydrogen) atoms. The molecular weight excluding hydrogens is 266 g/mol. The fourth-order valence-corrected chi connectivity index (χ4v) is 3.17. The van der Waals surface area contributed by atoms with Crippen LogP contribution in [-0.2, 0) is 12.8 Å². The number of aryl methyl sites for hydroxylation is 2. The zero-order valence-electron chi connectivity index (χ0n) is 12.5. The zero-order valence-corrected chi connectivity index (χ0v) is 13.3. The van der Waals surface area contributed by atoms with E-state index < -0.39 is 0 Å². The Morgan fingerprint density at radius 1 is 1.25 bits per heavy atom. The van der Waals surface area contributed by atoms with Gasteiger partial charge in [0, 0.05) is 6.04 Å².